The lowest BCUT2D eigenvalue weighted by Gasteiger charge is -2.34. The number of anilines is 1. The van der Waals surface area contributed by atoms with Crippen molar-refractivity contribution in [1.29, 1.82) is 0 Å². The van der Waals surface area contributed by atoms with Crippen LogP contribution in [0.3, 0.4) is 0 Å². The van der Waals surface area contributed by atoms with E-state index in [1.54, 1.807) is 13.2 Å². The molecule has 1 N–H and O–H groups in total. The summed E-state index contributed by atoms with van der Waals surface area (Å²) in [5, 5.41) is 9.82. The number of rotatable bonds is 6. The second-order valence-corrected chi connectivity index (χ2v) is 8.96. The summed E-state index contributed by atoms with van der Waals surface area (Å²) < 4.78 is 1.13. The van der Waals surface area contributed by atoms with Gasteiger partial charge in [-0.3, -0.25) is 4.79 Å². The van der Waals surface area contributed by atoms with Gasteiger partial charge in [0.05, 0.1) is 11.4 Å². The Kier molecular flexibility index (Phi) is 6.66. The van der Waals surface area contributed by atoms with Crippen LogP contribution in [-0.2, 0) is 17.6 Å². The number of carbonyl (C=O) groups excluding carboxylic acids is 1. The van der Waals surface area contributed by atoms with Crippen molar-refractivity contribution < 1.29 is 9.90 Å². The van der Waals surface area contributed by atoms with Crippen LogP contribution in [0.2, 0.25) is 0 Å². The second-order valence-electron chi connectivity index (χ2n) is 8.11. The molecule has 31 heavy (non-hydrogen) atoms. The maximum atomic E-state index is 11.0. The SMILES string of the molecule is Cc1nc(CC2CCN(c3ccc(Cc4ccccc4)cc3Br)CC2)nc([C]=O)c1O. The average molecular weight is 479 g/mol. The number of aromatic nitrogens is 2. The van der Waals surface area contributed by atoms with Gasteiger partial charge in [-0.05, 0) is 71.3 Å². The van der Waals surface area contributed by atoms with Crippen LogP contribution in [0.4, 0.5) is 5.69 Å². The highest BCUT2D eigenvalue weighted by Gasteiger charge is 2.23. The lowest BCUT2D eigenvalue weighted by Crippen LogP contribution is -2.34. The molecule has 5 nitrogen and oxygen atoms in total. The van der Waals surface area contributed by atoms with E-state index in [-0.39, 0.29) is 11.4 Å². The summed E-state index contributed by atoms with van der Waals surface area (Å²) in [7, 11) is 0. The third kappa shape index (κ3) is 5.13. The van der Waals surface area contributed by atoms with Gasteiger partial charge < -0.3 is 10.0 Å². The van der Waals surface area contributed by atoms with Crippen molar-refractivity contribution in [3.05, 3.63) is 81.3 Å². The first-order chi connectivity index (χ1) is 15.0. The van der Waals surface area contributed by atoms with Crippen LogP contribution in [0.5, 0.6) is 5.75 Å². The van der Waals surface area contributed by atoms with E-state index >= 15 is 0 Å². The van der Waals surface area contributed by atoms with Crippen molar-refractivity contribution in [1.82, 2.24) is 9.97 Å². The van der Waals surface area contributed by atoms with Crippen LogP contribution < -0.4 is 4.90 Å². The molecule has 0 unspecified atom stereocenters. The van der Waals surface area contributed by atoms with Gasteiger partial charge in [-0.25, -0.2) is 9.97 Å². The minimum absolute atomic E-state index is 0.0422. The first kappa shape index (κ1) is 21.5. The molecule has 3 aromatic rings. The Morgan fingerprint density at radius 2 is 1.84 bits per heavy atom. The summed E-state index contributed by atoms with van der Waals surface area (Å²) >= 11 is 3.77. The van der Waals surface area contributed by atoms with Crippen LogP contribution in [0.25, 0.3) is 0 Å². The maximum absolute atomic E-state index is 11.0. The molecule has 1 radical (unpaired) electrons. The summed E-state index contributed by atoms with van der Waals surface area (Å²) in [6.45, 7) is 3.61. The van der Waals surface area contributed by atoms with Gasteiger partial charge in [0, 0.05) is 24.0 Å². The number of benzene rings is 2. The number of aryl methyl sites for hydroxylation is 1. The van der Waals surface area contributed by atoms with E-state index in [9.17, 15) is 9.90 Å². The molecule has 0 spiro atoms. The van der Waals surface area contributed by atoms with Gasteiger partial charge in [-0.1, -0.05) is 36.4 Å². The summed E-state index contributed by atoms with van der Waals surface area (Å²) in [6.07, 6.45) is 5.40. The van der Waals surface area contributed by atoms with Crippen molar-refractivity contribution >= 4 is 27.9 Å². The smallest absolute Gasteiger partial charge is 0.257 e. The fraction of sp³-hybridized carbons (Fsp3) is 0.320. The number of halogens is 1. The fourth-order valence-corrected chi connectivity index (χ4v) is 4.85. The van der Waals surface area contributed by atoms with Crippen molar-refractivity contribution in [2.24, 2.45) is 5.92 Å². The zero-order chi connectivity index (χ0) is 21.8. The van der Waals surface area contributed by atoms with Gasteiger partial charge in [0.2, 0.25) is 0 Å². The molecule has 2 aromatic carbocycles. The van der Waals surface area contributed by atoms with Crippen LogP contribution in [-0.4, -0.2) is 34.5 Å². The molecule has 0 bridgehead atoms. The predicted molar refractivity (Wildman–Crippen MR) is 125 cm³/mol. The quantitative estimate of drug-likeness (QED) is 0.552. The highest BCUT2D eigenvalue weighted by Crippen LogP contribution is 2.32. The van der Waals surface area contributed by atoms with Crippen molar-refractivity contribution in [3.8, 4) is 5.75 Å². The molecule has 1 aromatic heterocycles. The number of piperidine rings is 1. The van der Waals surface area contributed by atoms with Gasteiger partial charge >= 0.3 is 0 Å². The lowest BCUT2D eigenvalue weighted by molar-refractivity contribution is 0.394. The molecule has 1 saturated heterocycles. The minimum atomic E-state index is -0.172. The zero-order valence-electron chi connectivity index (χ0n) is 17.5. The molecule has 0 amide bonds. The minimum Gasteiger partial charge on any atom is -0.504 e. The molecule has 0 saturated carbocycles. The Hall–Kier alpha value is -2.73. The number of aromatic hydroxyl groups is 1. The Balaban J connectivity index is 1.37. The summed E-state index contributed by atoms with van der Waals surface area (Å²) in [5.74, 6) is 0.892. The normalized spacial score (nSPS) is 14.6. The van der Waals surface area contributed by atoms with Crippen molar-refractivity contribution in [2.75, 3.05) is 18.0 Å². The summed E-state index contributed by atoms with van der Waals surface area (Å²) in [5.41, 5.74) is 4.22. The monoisotopic (exact) mass is 478 g/mol. The molecule has 1 aliphatic rings. The summed E-state index contributed by atoms with van der Waals surface area (Å²) in [6, 6.07) is 17.1. The van der Waals surface area contributed by atoms with Crippen molar-refractivity contribution in [2.45, 2.75) is 32.6 Å². The molecule has 1 fully saturated rings. The predicted octanol–water partition coefficient (Wildman–Crippen LogP) is 4.76. The third-order valence-electron chi connectivity index (χ3n) is 5.89. The first-order valence-electron chi connectivity index (χ1n) is 10.6. The first-order valence-corrected chi connectivity index (χ1v) is 11.3. The Labute approximate surface area is 191 Å². The number of hydrogen-bond donors (Lipinski definition) is 1. The topological polar surface area (TPSA) is 66.3 Å². The van der Waals surface area contributed by atoms with Gasteiger partial charge in [-0.15, -0.1) is 0 Å². The summed E-state index contributed by atoms with van der Waals surface area (Å²) in [4.78, 5) is 21.9. The molecule has 6 heteroatoms. The van der Waals surface area contributed by atoms with Crippen LogP contribution in [0.1, 0.15) is 41.2 Å². The van der Waals surface area contributed by atoms with Crippen molar-refractivity contribution in [3.63, 3.8) is 0 Å². The van der Waals surface area contributed by atoms with E-state index in [2.05, 4.69) is 73.3 Å². The van der Waals surface area contributed by atoms with Crippen LogP contribution in [0.15, 0.2) is 53.0 Å². The van der Waals surface area contributed by atoms with Crippen LogP contribution in [0, 0.1) is 12.8 Å². The number of nitrogens with zero attached hydrogens (tertiary/aromatic N) is 3. The third-order valence-corrected chi connectivity index (χ3v) is 6.53. The van der Waals surface area contributed by atoms with E-state index in [0.29, 0.717) is 23.9 Å². The molecule has 1 aliphatic heterocycles. The zero-order valence-corrected chi connectivity index (χ0v) is 19.1. The standard InChI is InChI=1S/C25H25BrN3O2/c1-17-25(31)22(16-30)28-24(27-17)15-19-9-11-29(12-10-19)23-8-7-20(14-21(23)26)13-18-5-3-2-4-6-18/h2-8,14,19,31H,9-13,15H2,1H3. The Morgan fingerprint density at radius 1 is 1.10 bits per heavy atom. The molecular weight excluding hydrogens is 454 g/mol. The largest absolute Gasteiger partial charge is 0.504 e. The van der Waals surface area contributed by atoms with E-state index in [4.69, 9.17) is 0 Å². The van der Waals surface area contributed by atoms with Gasteiger partial charge in [0.1, 0.15) is 5.82 Å². The molecule has 2 heterocycles. The van der Waals surface area contributed by atoms with E-state index < -0.39 is 0 Å². The van der Waals surface area contributed by atoms with Gasteiger partial charge in [-0.2, -0.15) is 0 Å². The fourth-order valence-electron chi connectivity index (χ4n) is 4.17. The number of hydrogen-bond acceptors (Lipinski definition) is 5. The highest BCUT2D eigenvalue weighted by atomic mass is 79.9. The van der Waals surface area contributed by atoms with E-state index in [0.717, 1.165) is 36.8 Å². The maximum Gasteiger partial charge on any atom is 0.257 e. The van der Waals surface area contributed by atoms with Gasteiger partial charge in [0.15, 0.2) is 11.4 Å². The highest BCUT2D eigenvalue weighted by molar-refractivity contribution is 9.10. The van der Waals surface area contributed by atoms with E-state index in [1.165, 1.54) is 16.8 Å². The van der Waals surface area contributed by atoms with Gasteiger partial charge in [0.25, 0.3) is 6.29 Å². The lowest BCUT2D eigenvalue weighted by atomic mass is 9.92. The Morgan fingerprint density at radius 3 is 2.52 bits per heavy atom. The molecule has 0 atom stereocenters. The Bertz CT molecular complexity index is 1060. The second kappa shape index (κ2) is 9.60. The molecule has 4 rings (SSSR count). The molecular formula is C25H25BrN3O2. The molecule has 0 aliphatic carbocycles. The average Bonchev–Trinajstić information content (AvgIpc) is 2.78. The van der Waals surface area contributed by atoms with E-state index in [1.807, 2.05) is 6.07 Å². The van der Waals surface area contributed by atoms with Crippen LogP contribution >= 0.6 is 15.9 Å². The molecule has 159 valence electrons.